The molecule has 138 valence electrons. The van der Waals surface area contributed by atoms with Crippen LogP contribution in [0.3, 0.4) is 0 Å². The van der Waals surface area contributed by atoms with Crippen molar-refractivity contribution in [2.45, 2.75) is 18.9 Å². The highest BCUT2D eigenvalue weighted by atomic mass is 35.5. The molecule has 2 aromatic heterocycles. The molecule has 1 saturated heterocycles. The number of halogens is 1. The van der Waals surface area contributed by atoms with Crippen LogP contribution in [0.4, 0.5) is 5.82 Å². The molecule has 0 atom stereocenters. The summed E-state index contributed by atoms with van der Waals surface area (Å²) >= 11 is 6.26. The van der Waals surface area contributed by atoms with E-state index in [1.165, 1.54) is 0 Å². The third-order valence-electron chi connectivity index (χ3n) is 4.67. The summed E-state index contributed by atoms with van der Waals surface area (Å²) in [6, 6.07) is 7.27. The molecule has 0 aliphatic carbocycles. The fourth-order valence-electron chi connectivity index (χ4n) is 3.22. The molecule has 0 spiro atoms. The van der Waals surface area contributed by atoms with Gasteiger partial charge in [-0.25, -0.2) is 9.67 Å². The second-order valence-electron chi connectivity index (χ2n) is 6.41. The second kappa shape index (κ2) is 7.75. The van der Waals surface area contributed by atoms with E-state index in [9.17, 15) is 4.79 Å². The molecule has 4 rings (SSSR count). The Hall–Kier alpha value is -2.93. The van der Waals surface area contributed by atoms with Crippen molar-refractivity contribution in [3.8, 4) is 5.69 Å². The minimum absolute atomic E-state index is 0.106. The molecular formula is C19H19ClN6O. The number of amides is 1. The Morgan fingerprint density at radius 3 is 2.74 bits per heavy atom. The second-order valence-corrected chi connectivity index (χ2v) is 6.82. The molecule has 1 aromatic carbocycles. The van der Waals surface area contributed by atoms with Crippen LogP contribution < -0.4 is 10.2 Å². The van der Waals surface area contributed by atoms with E-state index in [0.29, 0.717) is 10.6 Å². The van der Waals surface area contributed by atoms with Crippen LogP contribution in [0.2, 0.25) is 5.02 Å². The van der Waals surface area contributed by atoms with Gasteiger partial charge in [-0.2, -0.15) is 5.10 Å². The molecule has 1 aliphatic heterocycles. The third kappa shape index (κ3) is 3.93. The average molecular weight is 383 g/mol. The van der Waals surface area contributed by atoms with Gasteiger partial charge in [0.05, 0.1) is 22.5 Å². The van der Waals surface area contributed by atoms with Crippen molar-refractivity contribution >= 4 is 23.3 Å². The Morgan fingerprint density at radius 1 is 1.19 bits per heavy atom. The highest BCUT2D eigenvalue weighted by molar-refractivity contribution is 6.33. The maximum atomic E-state index is 12.7. The maximum Gasteiger partial charge on any atom is 0.253 e. The summed E-state index contributed by atoms with van der Waals surface area (Å²) in [7, 11) is 0. The Labute approximate surface area is 162 Å². The van der Waals surface area contributed by atoms with Crippen molar-refractivity contribution in [3.05, 3.63) is 65.8 Å². The quantitative estimate of drug-likeness (QED) is 0.750. The van der Waals surface area contributed by atoms with E-state index in [2.05, 4.69) is 25.3 Å². The smallest absolute Gasteiger partial charge is 0.253 e. The van der Waals surface area contributed by atoms with Gasteiger partial charge in [0.25, 0.3) is 5.91 Å². The summed E-state index contributed by atoms with van der Waals surface area (Å²) in [5.74, 6) is 0.712. The summed E-state index contributed by atoms with van der Waals surface area (Å²) in [6.45, 7) is 1.65. The number of benzene rings is 1. The van der Waals surface area contributed by atoms with Crippen molar-refractivity contribution in [2.24, 2.45) is 0 Å². The molecule has 0 bridgehead atoms. The van der Waals surface area contributed by atoms with E-state index >= 15 is 0 Å². The lowest BCUT2D eigenvalue weighted by Crippen LogP contribution is -2.45. The van der Waals surface area contributed by atoms with E-state index in [1.54, 1.807) is 41.6 Å². The van der Waals surface area contributed by atoms with E-state index in [0.717, 1.165) is 37.4 Å². The standard InChI is InChI=1S/C19H19ClN6O/c20-17-3-2-15(26-9-1-6-23-26)12-16(17)19(27)24-14-4-10-25(11-5-14)18-13-21-7-8-22-18/h1-3,6-9,12-14H,4-5,10-11H2,(H,24,27). The first kappa shape index (κ1) is 17.5. The molecular weight excluding hydrogens is 364 g/mol. The topological polar surface area (TPSA) is 75.9 Å². The number of hydrogen-bond donors (Lipinski definition) is 1. The Balaban J connectivity index is 1.41. The molecule has 3 aromatic rings. The number of hydrogen-bond acceptors (Lipinski definition) is 5. The molecule has 0 radical (unpaired) electrons. The van der Waals surface area contributed by atoms with Gasteiger partial charge in [-0.1, -0.05) is 11.6 Å². The molecule has 1 amide bonds. The zero-order chi connectivity index (χ0) is 18.6. The minimum Gasteiger partial charge on any atom is -0.355 e. The first-order chi connectivity index (χ1) is 13.2. The van der Waals surface area contributed by atoms with Gasteiger partial charge in [0.1, 0.15) is 5.82 Å². The highest BCUT2D eigenvalue weighted by Gasteiger charge is 2.23. The lowest BCUT2D eigenvalue weighted by Gasteiger charge is -2.33. The number of aromatic nitrogens is 4. The zero-order valence-electron chi connectivity index (χ0n) is 14.6. The van der Waals surface area contributed by atoms with Crippen LogP contribution in [0.1, 0.15) is 23.2 Å². The largest absolute Gasteiger partial charge is 0.355 e. The molecule has 7 nitrogen and oxygen atoms in total. The van der Waals surface area contributed by atoms with E-state index in [1.807, 2.05) is 18.3 Å². The van der Waals surface area contributed by atoms with E-state index < -0.39 is 0 Å². The zero-order valence-corrected chi connectivity index (χ0v) is 15.4. The van der Waals surface area contributed by atoms with Crippen LogP contribution >= 0.6 is 11.6 Å². The fraction of sp³-hybridized carbons (Fsp3) is 0.263. The van der Waals surface area contributed by atoms with Gasteiger partial charge in [-0.3, -0.25) is 9.78 Å². The van der Waals surface area contributed by atoms with E-state index in [4.69, 9.17) is 11.6 Å². The molecule has 27 heavy (non-hydrogen) atoms. The number of rotatable bonds is 4. The summed E-state index contributed by atoms with van der Waals surface area (Å²) in [4.78, 5) is 23.4. The van der Waals surface area contributed by atoms with Gasteiger partial charge in [0.15, 0.2) is 0 Å². The fourth-order valence-corrected chi connectivity index (χ4v) is 3.43. The van der Waals surface area contributed by atoms with Crippen molar-refractivity contribution < 1.29 is 4.79 Å². The van der Waals surface area contributed by atoms with Crippen LogP contribution in [-0.2, 0) is 0 Å². The Bertz CT molecular complexity index is 907. The predicted octanol–water partition coefficient (Wildman–Crippen LogP) is 2.71. The van der Waals surface area contributed by atoms with Gasteiger partial charge < -0.3 is 10.2 Å². The van der Waals surface area contributed by atoms with Crippen LogP contribution in [0.15, 0.2) is 55.2 Å². The summed E-state index contributed by atoms with van der Waals surface area (Å²) in [6.07, 6.45) is 10.3. The monoisotopic (exact) mass is 382 g/mol. The predicted molar refractivity (Wildman–Crippen MR) is 103 cm³/mol. The number of carbonyl (C=O) groups excluding carboxylic acids is 1. The molecule has 1 aliphatic rings. The first-order valence-electron chi connectivity index (χ1n) is 8.82. The van der Waals surface area contributed by atoms with Crippen LogP contribution in [0.25, 0.3) is 5.69 Å². The Kier molecular flexibility index (Phi) is 5.02. The lowest BCUT2D eigenvalue weighted by molar-refractivity contribution is 0.0931. The normalized spacial score (nSPS) is 14.9. The third-order valence-corrected chi connectivity index (χ3v) is 5.00. The molecule has 1 fully saturated rings. The first-order valence-corrected chi connectivity index (χ1v) is 9.20. The van der Waals surface area contributed by atoms with Crippen LogP contribution in [0.5, 0.6) is 0 Å². The van der Waals surface area contributed by atoms with E-state index in [-0.39, 0.29) is 11.9 Å². The number of nitrogens with one attached hydrogen (secondary N) is 1. The van der Waals surface area contributed by atoms with Crippen LogP contribution in [0, 0.1) is 0 Å². The minimum atomic E-state index is -0.160. The summed E-state index contributed by atoms with van der Waals surface area (Å²) in [5, 5.41) is 7.73. The Morgan fingerprint density at radius 2 is 2.04 bits per heavy atom. The van der Waals surface area contributed by atoms with Gasteiger partial charge in [-0.15, -0.1) is 0 Å². The lowest BCUT2D eigenvalue weighted by atomic mass is 10.0. The van der Waals surface area contributed by atoms with Crippen molar-refractivity contribution in [1.29, 1.82) is 0 Å². The van der Waals surface area contributed by atoms with Gasteiger partial charge in [0.2, 0.25) is 0 Å². The molecule has 0 saturated carbocycles. The molecule has 1 N–H and O–H groups in total. The highest BCUT2D eigenvalue weighted by Crippen LogP contribution is 2.21. The van der Waals surface area contributed by atoms with Gasteiger partial charge in [0, 0.05) is 43.9 Å². The molecule has 8 heteroatoms. The number of anilines is 1. The van der Waals surface area contributed by atoms with Crippen LogP contribution in [-0.4, -0.2) is 44.8 Å². The van der Waals surface area contributed by atoms with Crippen molar-refractivity contribution in [2.75, 3.05) is 18.0 Å². The number of carbonyl (C=O) groups is 1. The number of nitrogens with zero attached hydrogens (tertiary/aromatic N) is 5. The average Bonchev–Trinajstić information content (AvgIpc) is 3.24. The van der Waals surface area contributed by atoms with Crippen molar-refractivity contribution in [3.63, 3.8) is 0 Å². The van der Waals surface area contributed by atoms with Gasteiger partial charge >= 0.3 is 0 Å². The van der Waals surface area contributed by atoms with Crippen molar-refractivity contribution in [1.82, 2.24) is 25.1 Å². The number of piperidine rings is 1. The van der Waals surface area contributed by atoms with Gasteiger partial charge in [-0.05, 0) is 37.1 Å². The summed E-state index contributed by atoms with van der Waals surface area (Å²) in [5.41, 5.74) is 1.26. The molecule has 0 unspecified atom stereocenters. The molecule has 3 heterocycles. The maximum absolute atomic E-state index is 12.7. The SMILES string of the molecule is O=C(NC1CCN(c2cnccn2)CC1)c1cc(-n2cccn2)ccc1Cl. The summed E-state index contributed by atoms with van der Waals surface area (Å²) < 4.78 is 1.70.